The molecule has 0 spiro atoms. The topological polar surface area (TPSA) is 84.6 Å². The van der Waals surface area contributed by atoms with Gasteiger partial charge in [0, 0.05) is 17.8 Å². The highest BCUT2D eigenvalue weighted by atomic mass is 16.6. The second-order valence-electron chi connectivity index (χ2n) is 4.47. The fourth-order valence-electron chi connectivity index (χ4n) is 1.79. The number of nitrogens with zero attached hydrogens (tertiary/aromatic N) is 1. The van der Waals surface area contributed by atoms with Crippen molar-refractivity contribution in [1.82, 2.24) is 0 Å². The molecule has 0 aromatic heterocycles. The maximum atomic E-state index is 10.8. The zero-order valence-corrected chi connectivity index (χ0v) is 10.2. The summed E-state index contributed by atoms with van der Waals surface area (Å²) in [5.41, 5.74) is 0.287. The van der Waals surface area contributed by atoms with Crippen LogP contribution < -0.4 is 10.1 Å². The SMILES string of the molecule is CCOc1cc(NC2(CO)CC2)cc([N+](=O)[O-])c1. The van der Waals surface area contributed by atoms with Crippen LogP contribution in [0.15, 0.2) is 18.2 Å². The van der Waals surface area contributed by atoms with Crippen LogP contribution in [0.1, 0.15) is 19.8 Å². The van der Waals surface area contributed by atoms with E-state index in [0.717, 1.165) is 12.8 Å². The van der Waals surface area contributed by atoms with Crippen molar-refractivity contribution < 1.29 is 14.8 Å². The van der Waals surface area contributed by atoms with Crippen molar-refractivity contribution in [1.29, 1.82) is 0 Å². The second-order valence-corrected chi connectivity index (χ2v) is 4.47. The predicted octanol–water partition coefficient (Wildman–Crippen LogP) is 1.93. The Balaban J connectivity index is 2.25. The van der Waals surface area contributed by atoms with Crippen LogP contribution in [0.4, 0.5) is 11.4 Å². The Hall–Kier alpha value is -1.82. The van der Waals surface area contributed by atoms with Gasteiger partial charge in [0.05, 0.1) is 29.7 Å². The third-order valence-corrected chi connectivity index (χ3v) is 2.98. The van der Waals surface area contributed by atoms with Gasteiger partial charge >= 0.3 is 0 Å². The number of nitrogens with one attached hydrogen (secondary N) is 1. The molecule has 1 aliphatic carbocycles. The number of hydrogen-bond acceptors (Lipinski definition) is 5. The number of anilines is 1. The fourth-order valence-corrected chi connectivity index (χ4v) is 1.79. The first-order valence-electron chi connectivity index (χ1n) is 5.90. The van der Waals surface area contributed by atoms with Crippen LogP contribution in [-0.2, 0) is 0 Å². The lowest BCUT2D eigenvalue weighted by molar-refractivity contribution is -0.384. The molecule has 1 aliphatic rings. The molecular formula is C12H16N2O4. The van der Waals surface area contributed by atoms with Crippen LogP contribution in [-0.4, -0.2) is 28.8 Å². The van der Waals surface area contributed by atoms with E-state index >= 15 is 0 Å². The van der Waals surface area contributed by atoms with Gasteiger partial charge in [-0.25, -0.2) is 0 Å². The highest BCUT2D eigenvalue weighted by molar-refractivity contribution is 5.58. The summed E-state index contributed by atoms with van der Waals surface area (Å²) < 4.78 is 5.30. The van der Waals surface area contributed by atoms with E-state index in [4.69, 9.17) is 4.74 Å². The molecule has 0 heterocycles. The number of rotatable bonds is 6. The van der Waals surface area contributed by atoms with Crippen LogP contribution in [0.5, 0.6) is 5.75 Å². The molecule has 1 aromatic carbocycles. The van der Waals surface area contributed by atoms with Crippen LogP contribution in [0.25, 0.3) is 0 Å². The van der Waals surface area contributed by atoms with E-state index in [9.17, 15) is 15.2 Å². The Morgan fingerprint density at radius 3 is 2.72 bits per heavy atom. The second kappa shape index (κ2) is 4.81. The standard InChI is InChI=1S/C12H16N2O4/c1-2-18-11-6-9(5-10(7-11)14(16)17)13-12(8-15)3-4-12/h5-7,13,15H,2-4,8H2,1H3. The van der Waals surface area contributed by atoms with E-state index in [-0.39, 0.29) is 17.8 Å². The minimum Gasteiger partial charge on any atom is -0.494 e. The van der Waals surface area contributed by atoms with E-state index in [0.29, 0.717) is 18.0 Å². The Kier molecular flexibility index (Phi) is 3.38. The zero-order chi connectivity index (χ0) is 13.2. The first kappa shape index (κ1) is 12.6. The summed E-state index contributed by atoms with van der Waals surface area (Å²) >= 11 is 0. The summed E-state index contributed by atoms with van der Waals surface area (Å²) in [6.07, 6.45) is 1.74. The highest BCUT2D eigenvalue weighted by Gasteiger charge is 2.42. The Bertz CT molecular complexity index is 457. The first-order chi connectivity index (χ1) is 8.58. The number of aliphatic hydroxyl groups excluding tert-OH is 1. The number of non-ortho nitro benzene ring substituents is 1. The molecule has 6 nitrogen and oxygen atoms in total. The maximum absolute atomic E-state index is 10.8. The lowest BCUT2D eigenvalue weighted by atomic mass is 10.2. The monoisotopic (exact) mass is 252 g/mol. The molecule has 0 saturated heterocycles. The number of nitro benzene ring substituents is 1. The number of aliphatic hydroxyl groups is 1. The summed E-state index contributed by atoms with van der Waals surface area (Å²) in [6, 6.07) is 4.57. The van der Waals surface area contributed by atoms with E-state index in [1.165, 1.54) is 12.1 Å². The lowest BCUT2D eigenvalue weighted by Crippen LogP contribution is -2.25. The smallest absolute Gasteiger partial charge is 0.275 e. The molecule has 2 rings (SSSR count). The van der Waals surface area contributed by atoms with Crippen LogP contribution >= 0.6 is 0 Å². The zero-order valence-electron chi connectivity index (χ0n) is 10.2. The molecule has 0 unspecified atom stereocenters. The third-order valence-electron chi connectivity index (χ3n) is 2.98. The van der Waals surface area contributed by atoms with Gasteiger partial charge in [0.2, 0.25) is 0 Å². The molecule has 6 heteroatoms. The van der Waals surface area contributed by atoms with Gasteiger partial charge in [-0.05, 0) is 19.8 Å². The van der Waals surface area contributed by atoms with Crippen molar-refractivity contribution in [3.05, 3.63) is 28.3 Å². The van der Waals surface area contributed by atoms with E-state index in [1.54, 1.807) is 6.07 Å². The third kappa shape index (κ3) is 2.70. The molecule has 18 heavy (non-hydrogen) atoms. The number of hydrogen-bond donors (Lipinski definition) is 2. The minimum atomic E-state index is -0.452. The number of nitro groups is 1. The van der Waals surface area contributed by atoms with Crippen molar-refractivity contribution in [2.75, 3.05) is 18.5 Å². The quantitative estimate of drug-likeness (QED) is 0.597. The molecule has 1 aromatic rings. The van der Waals surface area contributed by atoms with E-state index < -0.39 is 4.92 Å². The molecule has 0 bridgehead atoms. The summed E-state index contributed by atoms with van der Waals surface area (Å²) in [5, 5.41) is 23.2. The van der Waals surface area contributed by atoms with Gasteiger partial charge in [0.25, 0.3) is 5.69 Å². The molecule has 0 aliphatic heterocycles. The lowest BCUT2D eigenvalue weighted by Gasteiger charge is -2.16. The summed E-state index contributed by atoms with van der Waals surface area (Å²) in [4.78, 5) is 10.4. The molecular weight excluding hydrogens is 236 g/mol. The normalized spacial score (nSPS) is 16.1. The first-order valence-corrected chi connectivity index (χ1v) is 5.90. The molecule has 2 N–H and O–H groups in total. The van der Waals surface area contributed by atoms with Gasteiger partial charge in [-0.2, -0.15) is 0 Å². The van der Waals surface area contributed by atoms with E-state index in [2.05, 4.69) is 5.32 Å². The average molecular weight is 252 g/mol. The van der Waals surface area contributed by atoms with Gasteiger partial charge in [-0.3, -0.25) is 10.1 Å². The van der Waals surface area contributed by atoms with Gasteiger partial charge in [0.15, 0.2) is 0 Å². The molecule has 0 radical (unpaired) electrons. The number of benzene rings is 1. The highest BCUT2D eigenvalue weighted by Crippen LogP contribution is 2.39. The molecule has 1 saturated carbocycles. The van der Waals surface area contributed by atoms with E-state index in [1.807, 2.05) is 6.92 Å². The Morgan fingerprint density at radius 2 is 2.22 bits per heavy atom. The predicted molar refractivity (Wildman–Crippen MR) is 66.9 cm³/mol. The summed E-state index contributed by atoms with van der Waals surface area (Å²) in [6.45, 7) is 2.30. The molecule has 0 amide bonds. The van der Waals surface area contributed by atoms with Crippen LogP contribution in [0.3, 0.4) is 0 Å². The summed E-state index contributed by atoms with van der Waals surface area (Å²) in [7, 11) is 0. The van der Waals surface area contributed by atoms with Crippen LogP contribution in [0, 0.1) is 10.1 Å². The molecule has 0 atom stereocenters. The maximum Gasteiger partial charge on any atom is 0.275 e. The minimum absolute atomic E-state index is 0.0165. The van der Waals surface area contributed by atoms with Gasteiger partial charge in [-0.15, -0.1) is 0 Å². The Morgan fingerprint density at radius 1 is 1.50 bits per heavy atom. The summed E-state index contributed by atoms with van der Waals surface area (Å²) in [5.74, 6) is 0.461. The Labute approximate surface area is 105 Å². The van der Waals surface area contributed by atoms with Crippen molar-refractivity contribution in [2.24, 2.45) is 0 Å². The van der Waals surface area contributed by atoms with Crippen LogP contribution in [0.2, 0.25) is 0 Å². The molecule has 98 valence electrons. The van der Waals surface area contributed by atoms with Gasteiger partial charge in [0.1, 0.15) is 5.75 Å². The van der Waals surface area contributed by atoms with Gasteiger partial charge < -0.3 is 15.2 Å². The van der Waals surface area contributed by atoms with Crippen molar-refractivity contribution in [2.45, 2.75) is 25.3 Å². The van der Waals surface area contributed by atoms with Crippen molar-refractivity contribution in [3.63, 3.8) is 0 Å². The number of ether oxygens (including phenoxy) is 1. The van der Waals surface area contributed by atoms with Gasteiger partial charge in [-0.1, -0.05) is 0 Å². The van der Waals surface area contributed by atoms with Crippen molar-refractivity contribution >= 4 is 11.4 Å². The average Bonchev–Trinajstić information content (AvgIpc) is 3.09. The largest absolute Gasteiger partial charge is 0.494 e. The van der Waals surface area contributed by atoms with Crippen molar-refractivity contribution in [3.8, 4) is 5.75 Å². The fraction of sp³-hybridized carbons (Fsp3) is 0.500. The molecule has 1 fully saturated rings.